The summed E-state index contributed by atoms with van der Waals surface area (Å²) in [4.78, 5) is 2.13. The van der Waals surface area contributed by atoms with Crippen LogP contribution in [0.1, 0.15) is 11.7 Å². The van der Waals surface area contributed by atoms with Gasteiger partial charge in [-0.2, -0.15) is 0 Å². The molecule has 0 radical (unpaired) electrons. The largest absolute Gasteiger partial charge is 0.311 e. The van der Waals surface area contributed by atoms with Crippen molar-refractivity contribution in [3.63, 3.8) is 0 Å². The van der Waals surface area contributed by atoms with Gasteiger partial charge >= 0.3 is 0 Å². The van der Waals surface area contributed by atoms with E-state index in [0.717, 1.165) is 16.8 Å². The number of rotatable bonds is 4. The van der Waals surface area contributed by atoms with Gasteiger partial charge in [0.1, 0.15) is 0 Å². The highest BCUT2D eigenvalue weighted by Crippen LogP contribution is 2.20. The zero-order valence-electron chi connectivity index (χ0n) is 8.95. The first kappa shape index (κ1) is 11.6. The molecule has 1 aromatic heterocycles. The van der Waals surface area contributed by atoms with Crippen molar-refractivity contribution >= 4 is 15.9 Å². The van der Waals surface area contributed by atoms with Crippen molar-refractivity contribution in [2.45, 2.75) is 6.04 Å². The number of hydrogen-bond acceptors (Lipinski definition) is 4. The van der Waals surface area contributed by atoms with Gasteiger partial charge in [0, 0.05) is 13.6 Å². The number of nitrogens with one attached hydrogen (secondary N) is 1. The van der Waals surface area contributed by atoms with Crippen LogP contribution in [0.25, 0.3) is 0 Å². The molecule has 1 aromatic rings. The standard InChI is InChI=1S/C8H16BrN5/c1-10-6(5-13(2)3)7-8(9)11-12-14(7)4/h6,10H,5H2,1-4H3. The molecule has 0 aromatic carbocycles. The SMILES string of the molecule is CNC(CN(C)C)c1c(Br)nnn1C. The minimum absolute atomic E-state index is 0.236. The molecule has 0 aliphatic carbocycles. The third-order valence-electron chi connectivity index (χ3n) is 2.05. The highest BCUT2D eigenvalue weighted by atomic mass is 79.9. The van der Waals surface area contributed by atoms with Crippen molar-refractivity contribution < 1.29 is 0 Å². The quantitative estimate of drug-likeness (QED) is 0.853. The second-order valence-corrected chi connectivity index (χ2v) is 4.24. The smallest absolute Gasteiger partial charge is 0.153 e. The number of nitrogens with zero attached hydrogens (tertiary/aromatic N) is 4. The number of aromatic nitrogens is 3. The van der Waals surface area contributed by atoms with Crippen LogP contribution in [0.2, 0.25) is 0 Å². The van der Waals surface area contributed by atoms with Gasteiger partial charge in [0.05, 0.1) is 11.7 Å². The summed E-state index contributed by atoms with van der Waals surface area (Å²) in [6.45, 7) is 0.913. The van der Waals surface area contributed by atoms with Crippen LogP contribution in [0.4, 0.5) is 0 Å². The highest BCUT2D eigenvalue weighted by molar-refractivity contribution is 9.10. The molecule has 0 spiro atoms. The number of halogens is 1. The summed E-state index contributed by atoms with van der Waals surface area (Å²) in [5, 5.41) is 11.2. The summed E-state index contributed by atoms with van der Waals surface area (Å²) >= 11 is 3.40. The summed E-state index contributed by atoms with van der Waals surface area (Å²) in [5.74, 6) is 0. The van der Waals surface area contributed by atoms with Crippen LogP contribution in [0.5, 0.6) is 0 Å². The zero-order chi connectivity index (χ0) is 10.7. The Morgan fingerprint density at radius 3 is 2.57 bits per heavy atom. The van der Waals surface area contributed by atoms with Gasteiger partial charge in [0.25, 0.3) is 0 Å². The summed E-state index contributed by atoms with van der Waals surface area (Å²) in [7, 11) is 7.92. The topological polar surface area (TPSA) is 46.0 Å². The Kier molecular flexibility index (Phi) is 4.03. The molecule has 1 N–H and O–H groups in total. The molecule has 0 amide bonds. The van der Waals surface area contributed by atoms with Crippen molar-refractivity contribution in [1.82, 2.24) is 25.2 Å². The van der Waals surface area contributed by atoms with Gasteiger partial charge in [0.15, 0.2) is 4.60 Å². The molecule has 5 nitrogen and oxygen atoms in total. The summed E-state index contributed by atoms with van der Waals surface area (Å²) in [6, 6.07) is 0.236. The lowest BCUT2D eigenvalue weighted by Crippen LogP contribution is -2.30. The minimum Gasteiger partial charge on any atom is -0.311 e. The monoisotopic (exact) mass is 261 g/mol. The maximum Gasteiger partial charge on any atom is 0.153 e. The Balaban J connectivity index is 2.88. The molecule has 1 atom stereocenters. The lowest BCUT2D eigenvalue weighted by molar-refractivity contribution is 0.343. The maximum absolute atomic E-state index is 3.96. The van der Waals surface area contributed by atoms with Crippen molar-refractivity contribution in [3.8, 4) is 0 Å². The minimum atomic E-state index is 0.236. The summed E-state index contributed by atoms with van der Waals surface area (Å²) < 4.78 is 2.59. The Labute approximate surface area is 92.6 Å². The van der Waals surface area contributed by atoms with Crippen LogP contribution in [-0.2, 0) is 7.05 Å². The van der Waals surface area contributed by atoms with Crippen molar-refractivity contribution in [3.05, 3.63) is 10.3 Å². The van der Waals surface area contributed by atoms with E-state index in [-0.39, 0.29) is 6.04 Å². The molecule has 14 heavy (non-hydrogen) atoms. The first-order valence-corrected chi connectivity index (χ1v) is 5.22. The molecule has 0 saturated carbocycles. The van der Waals surface area contributed by atoms with Gasteiger partial charge in [-0.05, 0) is 37.1 Å². The van der Waals surface area contributed by atoms with Gasteiger partial charge in [-0.25, -0.2) is 4.68 Å². The van der Waals surface area contributed by atoms with Crippen LogP contribution < -0.4 is 5.32 Å². The van der Waals surface area contributed by atoms with E-state index in [9.17, 15) is 0 Å². The average molecular weight is 262 g/mol. The first-order chi connectivity index (χ1) is 6.56. The fourth-order valence-electron chi connectivity index (χ4n) is 1.39. The molecule has 0 aliphatic rings. The van der Waals surface area contributed by atoms with E-state index in [1.807, 2.05) is 28.2 Å². The van der Waals surface area contributed by atoms with E-state index in [4.69, 9.17) is 0 Å². The Hall–Kier alpha value is -0.460. The maximum atomic E-state index is 3.96. The Morgan fingerprint density at radius 1 is 1.57 bits per heavy atom. The highest BCUT2D eigenvalue weighted by Gasteiger charge is 2.18. The van der Waals surface area contributed by atoms with Crippen LogP contribution in [0, 0.1) is 0 Å². The van der Waals surface area contributed by atoms with Gasteiger partial charge < -0.3 is 10.2 Å². The number of aryl methyl sites for hydroxylation is 1. The van der Waals surface area contributed by atoms with E-state index in [1.54, 1.807) is 4.68 Å². The molecule has 0 bridgehead atoms. The van der Waals surface area contributed by atoms with Crippen LogP contribution in [-0.4, -0.2) is 47.6 Å². The molecule has 1 rings (SSSR count). The summed E-state index contributed by atoms with van der Waals surface area (Å²) in [6.07, 6.45) is 0. The number of likely N-dealkylation sites (N-methyl/N-ethyl adjacent to an activating group) is 2. The molecular weight excluding hydrogens is 246 g/mol. The van der Waals surface area contributed by atoms with Crippen LogP contribution in [0.3, 0.4) is 0 Å². The summed E-state index contributed by atoms with van der Waals surface area (Å²) in [5.41, 5.74) is 1.07. The normalized spacial score (nSPS) is 13.6. The second kappa shape index (κ2) is 4.86. The van der Waals surface area contributed by atoms with E-state index < -0.39 is 0 Å². The zero-order valence-corrected chi connectivity index (χ0v) is 10.5. The molecule has 1 unspecified atom stereocenters. The molecule has 0 saturated heterocycles. The van der Waals surface area contributed by atoms with Crippen LogP contribution >= 0.6 is 15.9 Å². The average Bonchev–Trinajstić information content (AvgIpc) is 2.43. The first-order valence-electron chi connectivity index (χ1n) is 4.43. The molecule has 1 heterocycles. The van der Waals surface area contributed by atoms with Gasteiger partial charge in [-0.1, -0.05) is 5.21 Å². The molecule has 0 fully saturated rings. The molecule has 0 aliphatic heterocycles. The molecule has 6 heteroatoms. The molecule has 80 valence electrons. The van der Waals surface area contributed by atoms with Gasteiger partial charge in [-0.15, -0.1) is 5.10 Å². The number of hydrogen-bond donors (Lipinski definition) is 1. The van der Waals surface area contributed by atoms with Crippen molar-refractivity contribution in [1.29, 1.82) is 0 Å². The predicted molar refractivity (Wildman–Crippen MR) is 59.1 cm³/mol. The lowest BCUT2D eigenvalue weighted by atomic mass is 10.2. The van der Waals surface area contributed by atoms with E-state index in [2.05, 4.69) is 36.5 Å². The van der Waals surface area contributed by atoms with Gasteiger partial charge in [-0.3, -0.25) is 0 Å². The second-order valence-electron chi connectivity index (χ2n) is 3.49. The third-order valence-corrected chi connectivity index (χ3v) is 2.62. The third kappa shape index (κ3) is 2.52. The van der Waals surface area contributed by atoms with Crippen molar-refractivity contribution in [2.24, 2.45) is 7.05 Å². The van der Waals surface area contributed by atoms with E-state index in [0.29, 0.717) is 0 Å². The van der Waals surface area contributed by atoms with E-state index in [1.165, 1.54) is 0 Å². The van der Waals surface area contributed by atoms with E-state index >= 15 is 0 Å². The fraction of sp³-hybridized carbons (Fsp3) is 0.750. The predicted octanol–water partition coefficient (Wildman–Crippen LogP) is 0.400. The van der Waals surface area contributed by atoms with Crippen LogP contribution in [0.15, 0.2) is 4.60 Å². The van der Waals surface area contributed by atoms with Crippen molar-refractivity contribution in [2.75, 3.05) is 27.7 Å². The lowest BCUT2D eigenvalue weighted by Gasteiger charge is -2.20. The Morgan fingerprint density at radius 2 is 2.21 bits per heavy atom. The van der Waals surface area contributed by atoms with Gasteiger partial charge in [0.2, 0.25) is 0 Å². The Bertz CT molecular complexity index is 276. The fourth-order valence-corrected chi connectivity index (χ4v) is 1.99. The molecular formula is C8H16BrN5.